The molecule has 1 fully saturated rings. The molecule has 3 amide bonds. The van der Waals surface area contributed by atoms with Crippen LogP contribution in [0.5, 0.6) is 0 Å². The van der Waals surface area contributed by atoms with Crippen molar-refractivity contribution in [2.45, 2.75) is 32.0 Å². The molecule has 0 bridgehead atoms. The number of hydrogen-bond acceptors (Lipinski definition) is 5. The molecule has 8 heteroatoms. The molecule has 2 atom stereocenters. The minimum absolute atomic E-state index is 0.234. The maximum absolute atomic E-state index is 13.0. The highest BCUT2D eigenvalue weighted by Crippen LogP contribution is 2.35. The highest BCUT2D eigenvalue weighted by atomic mass is 35.5. The molecule has 3 aliphatic rings. The van der Waals surface area contributed by atoms with Crippen molar-refractivity contribution in [1.82, 2.24) is 14.7 Å². The first-order valence-corrected chi connectivity index (χ1v) is 8.99. The second-order valence-electron chi connectivity index (χ2n) is 6.52. The van der Waals surface area contributed by atoms with E-state index >= 15 is 0 Å². The Morgan fingerprint density at radius 1 is 1.23 bits per heavy atom. The van der Waals surface area contributed by atoms with Crippen molar-refractivity contribution in [3.63, 3.8) is 0 Å². The zero-order valence-corrected chi connectivity index (χ0v) is 15.3. The number of amides is 3. The number of carbonyl (C=O) groups excluding carboxylic acids is 2. The molecule has 1 saturated heterocycles. The van der Waals surface area contributed by atoms with Crippen LogP contribution in [0.3, 0.4) is 0 Å². The molecule has 4 rings (SSSR count). The van der Waals surface area contributed by atoms with E-state index in [9.17, 15) is 9.59 Å². The number of benzene rings is 1. The van der Waals surface area contributed by atoms with E-state index in [2.05, 4.69) is 4.99 Å². The first-order chi connectivity index (χ1) is 12.5. The lowest BCUT2D eigenvalue weighted by Crippen LogP contribution is -2.64. The lowest BCUT2D eigenvalue weighted by Gasteiger charge is -2.39. The third-order valence-corrected chi connectivity index (χ3v) is 5.07. The summed E-state index contributed by atoms with van der Waals surface area (Å²) in [7, 11) is 1.67. The van der Waals surface area contributed by atoms with E-state index in [1.54, 1.807) is 30.3 Å². The number of likely N-dealkylation sites (N-methyl/N-ethyl adjacent to an activating group) is 1. The number of imide groups is 1. The number of fused-ring (bicyclic) bond motifs is 3. The fourth-order valence-corrected chi connectivity index (χ4v) is 3.48. The van der Waals surface area contributed by atoms with Gasteiger partial charge in [-0.2, -0.15) is 0 Å². The summed E-state index contributed by atoms with van der Waals surface area (Å²) >= 11 is 5.93. The maximum Gasteiger partial charge on any atom is 0.328 e. The lowest BCUT2D eigenvalue weighted by molar-refractivity contribution is -0.136. The average molecular weight is 375 g/mol. The quantitative estimate of drug-likeness (QED) is 0.812. The molecule has 0 aliphatic carbocycles. The summed E-state index contributed by atoms with van der Waals surface area (Å²) in [5, 5.41) is 0.638. The fourth-order valence-electron chi connectivity index (χ4n) is 3.35. The predicted molar refractivity (Wildman–Crippen MR) is 97.1 cm³/mol. The summed E-state index contributed by atoms with van der Waals surface area (Å²) in [6, 6.07) is 6.70. The molecule has 2 unspecified atom stereocenters. The van der Waals surface area contributed by atoms with Crippen LogP contribution in [-0.4, -0.2) is 58.5 Å². The van der Waals surface area contributed by atoms with Crippen LogP contribution in [0, 0.1) is 0 Å². The number of aliphatic imine (C=N–C) groups is 1. The van der Waals surface area contributed by atoms with Crippen LogP contribution in [0.4, 0.5) is 4.79 Å². The summed E-state index contributed by atoms with van der Waals surface area (Å²) < 4.78 is 5.84. The molecule has 136 valence electrons. The Balaban J connectivity index is 1.62. The van der Waals surface area contributed by atoms with Gasteiger partial charge >= 0.3 is 6.03 Å². The molecular formula is C18H19ClN4O3. The van der Waals surface area contributed by atoms with Crippen molar-refractivity contribution in [1.29, 1.82) is 0 Å². The van der Waals surface area contributed by atoms with E-state index in [-0.39, 0.29) is 11.9 Å². The third kappa shape index (κ3) is 2.54. The van der Waals surface area contributed by atoms with Crippen LogP contribution in [0.25, 0.3) is 5.76 Å². The molecule has 0 N–H and O–H groups in total. The molecule has 3 aliphatic heterocycles. The van der Waals surface area contributed by atoms with Crippen molar-refractivity contribution in [2.75, 3.05) is 13.6 Å². The van der Waals surface area contributed by atoms with Gasteiger partial charge in [-0.25, -0.2) is 9.79 Å². The molecule has 26 heavy (non-hydrogen) atoms. The molecule has 1 aromatic carbocycles. The summed E-state index contributed by atoms with van der Waals surface area (Å²) in [4.78, 5) is 34.5. The van der Waals surface area contributed by atoms with E-state index in [1.807, 2.05) is 19.1 Å². The van der Waals surface area contributed by atoms with Crippen molar-refractivity contribution < 1.29 is 14.3 Å². The van der Waals surface area contributed by atoms with Gasteiger partial charge in [0.15, 0.2) is 18.0 Å². The molecule has 0 spiro atoms. The van der Waals surface area contributed by atoms with Gasteiger partial charge in [-0.3, -0.25) is 14.6 Å². The second-order valence-corrected chi connectivity index (χ2v) is 6.95. The number of halogens is 1. The summed E-state index contributed by atoms with van der Waals surface area (Å²) in [6.45, 7) is 2.44. The van der Waals surface area contributed by atoms with Crippen molar-refractivity contribution in [3.05, 3.63) is 41.1 Å². The third-order valence-electron chi connectivity index (χ3n) is 4.82. The molecule has 0 radical (unpaired) electrons. The zero-order chi connectivity index (χ0) is 18.4. The Hall–Kier alpha value is -2.54. The van der Waals surface area contributed by atoms with E-state index in [0.29, 0.717) is 23.3 Å². The van der Waals surface area contributed by atoms with E-state index in [4.69, 9.17) is 16.3 Å². The monoisotopic (exact) mass is 374 g/mol. The number of urea groups is 1. The Labute approximate surface area is 156 Å². The van der Waals surface area contributed by atoms with E-state index in [1.165, 1.54) is 9.80 Å². The Morgan fingerprint density at radius 3 is 2.65 bits per heavy atom. The largest absolute Gasteiger partial charge is 0.423 e. The highest BCUT2D eigenvalue weighted by Gasteiger charge is 2.53. The number of ether oxygens (including phenoxy) is 1. The first kappa shape index (κ1) is 16.9. The Bertz CT molecular complexity index is 820. The van der Waals surface area contributed by atoms with Crippen LogP contribution in [0.15, 0.2) is 35.5 Å². The number of hydrogen-bond donors (Lipinski definition) is 0. The van der Waals surface area contributed by atoms with Crippen molar-refractivity contribution in [2.24, 2.45) is 4.99 Å². The summed E-state index contributed by atoms with van der Waals surface area (Å²) in [5.41, 5.74) is 0.846. The topological polar surface area (TPSA) is 65.5 Å². The summed E-state index contributed by atoms with van der Waals surface area (Å²) in [5.74, 6) is 0.369. The normalized spacial score (nSPS) is 24.3. The van der Waals surface area contributed by atoms with Crippen molar-refractivity contribution >= 4 is 35.3 Å². The van der Waals surface area contributed by atoms with Gasteiger partial charge in [-0.05, 0) is 30.7 Å². The Kier molecular flexibility index (Phi) is 4.11. The van der Waals surface area contributed by atoms with E-state index in [0.717, 1.165) is 18.4 Å². The number of rotatable bonds is 4. The molecular weight excluding hydrogens is 356 g/mol. The smallest absolute Gasteiger partial charge is 0.328 e. The Morgan fingerprint density at radius 2 is 1.96 bits per heavy atom. The molecule has 1 aromatic rings. The molecule has 0 saturated carbocycles. The number of amidine groups is 1. The minimum Gasteiger partial charge on any atom is -0.423 e. The van der Waals surface area contributed by atoms with Crippen LogP contribution < -0.4 is 0 Å². The van der Waals surface area contributed by atoms with Crippen LogP contribution in [-0.2, 0) is 9.53 Å². The van der Waals surface area contributed by atoms with Crippen molar-refractivity contribution in [3.8, 4) is 0 Å². The van der Waals surface area contributed by atoms with Gasteiger partial charge in [-0.1, -0.05) is 24.9 Å². The van der Waals surface area contributed by atoms with Gasteiger partial charge in [-0.15, -0.1) is 0 Å². The maximum atomic E-state index is 13.0. The molecule has 0 aromatic heterocycles. The van der Waals surface area contributed by atoms with Gasteiger partial charge in [0.1, 0.15) is 0 Å². The first-order valence-electron chi connectivity index (χ1n) is 8.61. The van der Waals surface area contributed by atoms with Crippen LogP contribution >= 0.6 is 11.6 Å². The van der Waals surface area contributed by atoms with Gasteiger partial charge < -0.3 is 9.64 Å². The van der Waals surface area contributed by atoms with Gasteiger partial charge in [0.2, 0.25) is 0 Å². The highest BCUT2D eigenvalue weighted by molar-refractivity contribution is 6.30. The predicted octanol–water partition coefficient (Wildman–Crippen LogP) is 2.73. The fraction of sp³-hybridized carbons (Fsp3) is 0.389. The molecule has 3 heterocycles. The van der Waals surface area contributed by atoms with Gasteiger partial charge in [0.05, 0.1) is 6.20 Å². The molecule has 7 nitrogen and oxygen atoms in total. The number of nitrogens with zero attached hydrogens (tertiary/aromatic N) is 4. The SMILES string of the molecule is CCCCN1C(=O)C2C(N=C3OC(c4ccc(Cl)cc4)=CN32)N(C)C1=O. The van der Waals surface area contributed by atoms with Crippen LogP contribution in [0.2, 0.25) is 5.02 Å². The number of unbranched alkanes of at least 4 members (excludes halogenated alkanes) is 1. The summed E-state index contributed by atoms with van der Waals surface area (Å²) in [6.07, 6.45) is 2.89. The average Bonchev–Trinajstić information content (AvgIpc) is 3.18. The minimum atomic E-state index is -0.589. The van der Waals surface area contributed by atoms with E-state index < -0.39 is 12.2 Å². The second kappa shape index (κ2) is 6.32. The lowest BCUT2D eigenvalue weighted by atomic mass is 10.1. The zero-order valence-electron chi connectivity index (χ0n) is 14.6. The van der Waals surface area contributed by atoms with Gasteiger partial charge in [0.25, 0.3) is 11.9 Å². The standard InChI is InChI=1S/C18H19ClN4O3/c1-3-4-9-22-16(24)14-15(21(2)18(22)25)20-17-23(14)10-13(26-17)11-5-7-12(19)8-6-11/h5-8,10,14-15H,3-4,9H2,1-2H3. The van der Waals surface area contributed by atoms with Gasteiger partial charge in [0, 0.05) is 24.2 Å². The van der Waals surface area contributed by atoms with Crippen LogP contribution in [0.1, 0.15) is 25.3 Å². The number of carbonyl (C=O) groups is 2.